The first-order chi connectivity index (χ1) is 11.7. The molecule has 2 aromatic heterocycles. The summed E-state index contributed by atoms with van der Waals surface area (Å²) in [6, 6.07) is 7.46. The van der Waals surface area contributed by atoms with Gasteiger partial charge in [-0.2, -0.15) is 10.1 Å². The number of rotatable bonds is 3. The van der Waals surface area contributed by atoms with Gasteiger partial charge >= 0.3 is 0 Å². The minimum Gasteiger partial charge on any atom is -0.463 e. The van der Waals surface area contributed by atoms with Gasteiger partial charge in [0.2, 0.25) is 5.95 Å². The number of aryl methyl sites for hydroxylation is 1. The van der Waals surface area contributed by atoms with Gasteiger partial charge in [0.1, 0.15) is 11.8 Å². The number of nitrogens with one attached hydrogen (secondary N) is 2. The summed E-state index contributed by atoms with van der Waals surface area (Å²) in [5.74, 6) is 1.36. The molecular formula is C17H19N5O2. The molecule has 0 bridgehead atoms. The molecule has 0 atom stereocenters. The lowest BCUT2D eigenvalue weighted by Gasteiger charge is -2.19. The number of piperidine rings is 1. The van der Waals surface area contributed by atoms with Crippen LogP contribution in [0.3, 0.4) is 0 Å². The molecule has 0 spiro atoms. The highest BCUT2D eigenvalue weighted by molar-refractivity contribution is 6.11. The maximum absolute atomic E-state index is 12.6. The van der Waals surface area contributed by atoms with Crippen molar-refractivity contribution in [2.75, 3.05) is 18.4 Å². The van der Waals surface area contributed by atoms with E-state index in [0.29, 0.717) is 23.0 Å². The van der Waals surface area contributed by atoms with Gasteiger partial charge in [-0.15, -0.1) is 0 Å². The zero-order valence-corrected chi connectivity index (χ0v) is 13.5. The quantitative estimate of drug-likeness (QED) is 0.772. The van der Waals surface area contributed by atoms with Gasteiger partial charge in [0, 0.05) is 18.4 Å². The van der Waals surface area contributed by atoms with E-state index in [1.807, 2.05) is 24.3 Å². The van der Waals surface area contributed by atoms with Gasteiger partial charge in [0.15, 0.2) is 5.82 Å². The minimum absolute atomic E-state index is 0.243. The van der Waals surface area contributed by atoms with Crippen LogP contribution < -0.4 is 10.6 Å². The fourth-order valence-electron chi connectivity index (χ4n) is 3.09. The molecule has 1 aromatic carbocycles. The van der Waals surface area contributed by atoms with E-state index in [0.717, 1.165) is 37.1 Å². The number of amides is 1. The van der Waals surface area contributed by atoms with Crippen molar-refractivity contribution in [2.45, 2.75) is 18.8 Å². The zero-order chi connectivity index (χ0) is 16.5. The van der Waals surface area contributed by atoms with Crippen molar-refractivity contribution in [3.05, 3.63) is 41.9 Å². The normalized spacial score (nSPS) is 15.7. The molecule has 3 heterocycles. The lowest BCUT2D eigenvalue weighted by Crippen LogP contribution is -2.27. The molecule has 1 aliphatic heterocycles. The van der Waals surface area contributed by atoms with E-state index < -0.39 is 0 Å². The topological polar surface area (TPSA) is 85.0 Å². The molecule has 7 heteroatoms. The van der Waals surface area contributed by atoms with E-state index >= 15 is 0 Å². The zero-order valence-electron chi connectivity index (χ0n) is 13.5. The average Bonchev–Trinajstić information content (AvgIpc) is 3.20. The van der Waals surface area contributed by atoms with Gasteiger partial charge < -0.3 is 9.73 Å². The van der Waals surface area contributed by atoms with Gasteiger partial charge in [-0.05, 0) is 32.0 Å². The molecule has 4 rings (SSSR count). The van der Waals surface area contributed by atoms with Crippen molar-refractivity contribution < 1.29 is 9.21 Å². The number of aromatic nitrogens is 3. The number of para-hydroxylation sites is 1. The van der Waals surface area contributed by atoms with Gasteiger partial charge in [0.05, 0.1) is 5.56 Å². The summed E-state index contributed by atoms with van der Waals surface area (Å²) >= 11 is 0. The van der Waals surface area contributed by atoms with Crippen molar-refractivity contribution in [2.24, 2.45) is 7.05 Å². The van der Waals surface area contributed by atoms with E-state index in [4.69, 9.17) is 4.42 Å². The van der Waals surface area contributed by atoms with Gasteiger partial charge in [-0.3, -0.25) is 10.1 Å². The summed E-state index contributed by atoms with van der Waals surface area (Å²) in [6.45, 7) is 1.96. The Bertz CT molecular complexity index is 876. The summed E-state index contributed by atoms with van der Waals surface area (Å²) in [5.41, 5.74) is 1.19. The van der Waals surface area contributed by atoms with E-state index in [1.54, 1.807) is 11.7 Å². The van der Waals surface area contributed by atoms with Crippen LogP contribution in [0.5, 0.6) is 0 Å². The summed E-state index contributed by atoms with van der Waals surface area (Å²) < 4.78 is 7.05. The molecule has 0 unspecified atom stereocenters. The van der Waals surface area contributed by atoms with Crippen LogP contribution in [0.15, 0.2) is 34.9 Å². The fourth-order valence-corrected chi connectivity index (χ4v) is 3.09. The van der Waals surface area contributed by atoms with Crippen LogP contribution in [0.25, 0.3) is 11.0 Å². The second-order valence-corrected chi connectivity index (χ2v) is 6.04. The molecule has 3 aromatic rings. The second-order valence-electron chi connectivity index (χ2n) is 6.04. The van der Waals surface area contributed by atoms with Crippen LogP contribution in [0.4, 0.5) is 5.95 Å². The number of fused-ring (bicyclic) bond motifs is 1. The number of hydrogen-bond donors (Lipinski definition) is 2. The monoisotopic (exact) mass is 325 g/mol. The van der Waals surface area contributed by atoms with Crippen LogP contribution >= 0.6 is 0 Å². The van der Waals surface area contributed by atoms with Crippen molar-refractivity contribution in [3.63, 3.8) is 0 Å². The first kappa shape index (κ1) is 14.9. The Hall–Kier alpha value is -2.67. The first-order valence-electron chi connectivity index (χ1n) is 8.11. The van der Waals surface area contributed by atoms with Crippen molar-refractivity contribution >= 4 is 22.8 Å². The van der Waals surface area contributed by atoms with Crippen LogP contribution in [-0.2, 0) is 7.05 Å². The van der Waals surface area contributed by atoms with Crippen molar-refractivity contribution in [1.29, 1.82) is 0 Å². The summed E-state index contributed by atoms with van der Waals surface area (Å²) in [7, 11) is 1.79. The lowest BCUT2D eigenvalue weighted by molar-refractivity contribution is 0.102. The molecule has 124 valence electrons. The highest BCUT2D eigenvalue weighted by atomic mass is 16.3. The van der Waals surface area contributed by atoms with E-state index in [-0.39, 0.29) is 5.91 Å². The van der Waals surface area contributed by atoms with E-state index in [1.165, 1.54) is 6.26 Å². The third-order valence-corrected chi connectivity index (χ3v) is 4.43. The average molecular weight is 325 g/mol. The van der Waals surface area contributed by atoms with E-state index in [2.05, 4.69) is 20.7 Å². The highest BCUT2D eigenvalue weighted by Gasteiger charge is 2.22. The molecule has 0 aliphatic carbocycles. The van der Waals surface area contributed by atoms with E-state index in [9.17, 15) is 4.79 Å². The molecule has 0 saturated carbocycles. The predicted octanol–water partition coefficient (Wildman–Crippen LogP) is 2.28. The van der Waals surface area contributed by atoms with Crippen LogP contribution in [0.1, 0.15) is 34.9 Å². The Balaban J connectivity index is 1.56. The standard InChI is InChI=1S/C17H19N5O2/c1-22-17(19-15(21-22)11-6-8-18-9-7-11)20-16(23)13-10-24-14-5-3-2-4-12(13)14/h2-5,10-11,18H,6-9H2,1H3,(H,19,20,21,23). The highest BCUT2D eigenvalue weighted by Crippen LogP contribution is 2.24. The Labute approximate surface area is 139 Å². The minimum atomic E-state index is -0.243. The van der Waals surface area contributed by atoms with Crippen molar-refractivity contribution in [3.8, 4) is 0 Å². The van der Waals surface area contributed by atoms with Gasteiger partial charge in [-0.25, -0.2) is 4.68 Å². The molecule has 24 heavy (non-hydrogen) atoms. The van der Waals surface area contributed by atoms with Crippen LogP contribution in [0, 0.1) is 0 Å². The number of nitrogens with zero attached hydrogens (tertiary/aromatic N) is 3. The Kier molecular flexibility index (Phi) is 3.78. The van der Waals surface area contributed by atoms with Crippen molar-refractivity contribution in [1.82, 2.24) is 20.1 Å². The molecular weight excluding hydrogens is 306 g/mol. The number of benzene rings is 1. The third kappa shape index (κ3) is 2.67. The number of anilines is 1. The third-order valence-electron chi connectivity index (χ3n) is 4.43. The molecule has 1 saturated heterocycles. The second kappa shape index (κ2) is 6.09. The smallest absolute Gasteiger partial charge is 0.261 e. The predicted molar refractivity (Wildman–Crippen MR) is 90.0 cm³/mol. The van der Waals surface area contributed by atoms with Crippen LogP contribution in [-0.4, -0.2) is 33.8 Å². The Morgan fingerprint density at radius 1 is 1.33 bits per heavy atom. The Morgan fingerprint density at radius 3 is 2.96 bits per heavy atom. The number of carbonyl (C=O) groups excluding carboxylic acids is 1. The van der Waals surface area contributed by atoms with Crippen LogP contribution in [0.2, 0.25) is 0 Å². The summed E-state index contributed by atoms with van der Waals surface area (Å²) in [4.78, 5) is 17.1. The fraction of sp³-hybridized carbons (Fsp3) is 0.353. The van der Waals surface area contributed by atoms with Gasteiger partial charge in [-0.1, -0.05) is 18.2 Å². The maximum atomic E-state index is 12.6. The number of furan rings is 1. The SMILES string of the molecule is Cn1nc(C2CCNCC2)nc1NC(=O)c1coc2ccccc12. The lowest BCUT2D eigenvalue weighted by atomic mass is 9.98. The molecule has 1 amide bonds. The number of hydrogen-bond acceptors (Lipinski definition) is 5. The largest absolute Gasteiger partial charge is 0.463 e. The molecule has 1 aliphatic rings. The summed E-state index contributed by atoms with van der Waals surface area (Å²) in [6.07, 6.45) is 3.51. The van der Waals surface area contributed by atoms with Gasteiger partial charge in [0.25, 0.3) is 5.91 Å². The first-order valence-corrected chi connectivity index (χ1v) is 8.11. The Morgan fingerprint density at radius 2 is 2.12 bits per heavy atom. The number of carbonyl (C=O) groups is 1. The summed E-state index contributed by atoms with van der Waals surface area (Å²) in [5, 5.41) is 11.4. The maximum Gasteiger partial charge on any atom is 0.261 e. The molecule has 1 fully saturated rings. The molecule has 0 radical (unpaired) electrons. The molecule has 7 nitrogen and oxygen atoms in total. The molecule has 2 N–H and O–H groups in total.